The maximum absolute atomic E-state index is 12.3. The number of hydrogen-bond acceptors (Lipinski definition) is 5. The number of benzene rings is 1. The molecular weight excluding hydrogens is 316 g/mol. The predicted octanol–water partition coefficient (Wildman–Crippen LogP) is 1.92. The molecule has 0 unspecified atom stereocenters. The van der Waals surface area contributed by atoms with E-state index in [2.05, 4.69) is 10.3 Å². The third-order valence-electron chi connectivity index (χ3n) is 3.25. The number of para-hydroxylation sites is 1. The molecule has 0 atom stereocenters. The average Bonchev–Trinajstić information content (AvgIpc) is 3.05. The van der Waals surface area contributed by atoms with Crippen LogP contribution in [0, 0.1) is 0 Å². The molecule has 0 aliphatic rings. The van der Waals surface area contributed by atoms with Crippen molar-refractivity contribution in [3.63, 3.8) is 0 Å². The Morgan fingerprint density at radius 3 is 2.70 bits per heavy atom. The van der Waals surface area contributed by atoms with E-state index in [4.69, 9.17) is 4.42 Å². The quantitative estimate of drug-likeness (QED) is 0.772. The average molecular weight is 330 g/mol. The smallest absolute Gasteiger partial charge is 0.236 e. The van der Waals surface area contributed by atoms with Crippen molar-refractivity contribution in [3.05, 3.63) is 60.6 Å². The van der Waals surface area contributed by atoms with Crippen molar-refractivity contribution in [2.24, 2.45) is 0 Å². The Morgan fingerprint density at radius 1 is 1.09 bits per heavy atom. The molecule has 3 aromatic rings. The van der Waals surface area contributed by atoms with Crippen molar-refractivity contribution in [1.29, 1.82) is 0 Å². The molecule has 0 bridgehead atoms. The summed E-state index contributed by atoms with van der Waals surface area (Å²) in [4.78, 5) is 16.0. The summed E-state index contributed by atoms with van der Waals surface area (Å²) in [6.07, 6.45) is 1.48. The van der Waals surface area contributed by atoms with Gasteiger partial charge in [0.25, 0.3) is 0 Å². The van der Waals surface area contributed by atoms with Crippen LogP contribution in [0.5, 0.6) is 0 Å². The summed E-state index contributed by atoms with van der Waals surface area (Å²) < 4.78 is 29.7. The molecule has 7 heteroatoms. The first-order chi connectivity index (χ1) is 11.0. The Hall–Kier alpha value is -2.67. The maximum Gasteiger partial charge on any atom is 0.236 e. The van der Waals surface area contributed by atoms with E-state index < -0.39 is 21.5 Å². The van der Waals surface area contributed by atoms with E-state index in [0.717, 1.165) is 5.39 Å². The summed E-state index contributed by atoms with van der Waals surface area (Å²) >= 11 is 0. The number of furan rings is 1. The number of amides is 1. The van der Waals surface area contributed by atoms with Gasteiger partial charge in [0.15, 0.2) is 5.03 Å². The topological polar surface area (TPSA) is 89.3 Å². The van der Waals surface area contributed by atoms with Gasteiger partial charge in [0.2, 0.25) is 15.7 Å². The number of fused-ring (bicyclic) bond motifs is 1. The molecule has 0 aliphatic heterocycles. The molecule has 0 saturated carbocycles. The van der Waals surface area contributed by atoms with Crippen LogP contribution < -0.4 is 5.32 Å². The molecule has 1 amide bonds. The second kappa shape index (κ2) is 6.21. The summed E-state index contributed by atoms with van der Waals surface area (Å²) in [6.45, 7) is 0.145. The Labute approximate surface area is 133 Å². The second-order valence-corrected chi connectivity index (χ2v) is 6.89. The summed E-state index contributed by atoms with van der Waals surface area (Å²) in [5.74, 6) is -0.699. The van der Waals surface area contributed by atoms with E-state index in [0.29, 0.717) is 11.3 Å². The Bertz CT molecular complexity index is 934. The SMILES string of the molecule is O=C(CS(=O)(=O)c1ccc2ccccc2n1)NCc1ccco1. The van der Waals surface area contributed by atoms with Gasteiger partial charge in [0.1, 0.15) is 11.5 Å². The van der Waals surface area contributed by atoms with Crippen molar-refractivity contribution in [3.8, 4) is 0 Å². The van der Waals surface area contributed by atoms with E-state index in [-0.39, 0.29) is 11.6 Å². The summed E-state index contributed by atoms with van der Waals surface area (Å²) in [5, 5.41) is 3.24. The fourth-order valence-electron chi connectivity index (χ4n) is 2.12. The molecule has 0 saturated heterocycles. The Kier molecular flexibility index (Phi) is 4.12. The van der Waals surface area contributed by atoms with Crippen LogP contribution in [-0.2, 0) is 21.2 Å². The van der Waals surface area contributed by atoms with Gasteiger partial charge in [-0.1, -0.05) is 18.2 Å². The number of sulfone groups is 1. The largest absolute Gasteiger partial charge is 0.467 e. The van der Waals surface area contributed by atoms with Crippen LogP contribution in [0.2, 0.25) is 0 Å². The summed E-state index contributed by atoms with van der Waals surface area (Å²) in [6, 6.07) is 13.7. The van der Waals surface area contributed by atoms with Gasteiger partial charge in [-0.15, -0.1) is 0 Å². The highest BCUT2D eigenvalue weighted by Crippen LogP contribution is 2.15. The van der Waals surface area contributed by atoms with Crippen LogP contribution >= 0.6 is 0 Å². The highest BCUT2D eigenvalue weighted by molar-refractivity contribution is 7.92. The summed E-state index contributed by atoms with van der Waals surface area (Å²) in [7, 11) is -3.80. The predicted molar refractivity (Wildman–Crippen MR) is 84.4 cm³/mol. The number of aromatic nitrogens is 1. The number of carbonyl (C=O) groups excluding carboxylic acids is 1. The van der Waals surface area contributed by atoms with Crippen LogP contribution in [0.25, 0.3) is 10.9 Å². The van der Waals surface area contributed by atoms with E-state index in [9.17, 15) is 13.2 Å². The third-order valence-corrected chi connectivity index (χ3v) is 4.76. The molecule has 0 spiro atoms. The highest BCUT2D eigenvalue weighted by Gasteiger charge is 2.21. The third kappa shape index (κ3) is 3.57. The molecule has 0 fully saturated rings. The maximum atomic E-state index is 12.3. The van der Waals surface area contributed by atoms with Crippen molar-refractivity contribution in [2.75, 3.05) is 5.75 Å². The van der Waals surface area contributed by atoms with Crippen molar-refractivity contribution >= 4 is 26.6 Å². The zero-order valence-corrected chi connectivity index (χ0v) is 12.9. The van der Waals surface area contributed by atoms with Crippen LogP contribution in [-0.4, -0.2) is 25.1 Å². The number of nitrogens with zero attached hydrogens (tertiary/aromatic N) is 1. The van der Waals surface area contributed by atoms with Gasteiger partial charge >= 0.3 is 0 Å². The van der Waals surface area contributed by atoms with Crippen LogP contribution in [0.4, 0.5) is 0 Å². The lowest BCUT2D eigenvalue weighted by Crippen LogP contribution is -2.30. The monoisotopic (exact) mass is 330 g/mol. The summed E-state index contributed by atoms with van der Waals surface area (Å²) in [5.41, 5.74) is 0.574. The lowest BCUT2D eigenvalue weighted by molar-refractivity contribution is -0.118. The first-order valence-electron chi connectivity index (χ1n) is 6.92. The standard InChI is InChI=1S/C16H14N2O4S/c19-15(17-10-13-5-3-9-22-13)11-23(20,21)16-8-7-12-4-1-2-6-14(12)18-16/h1-9H,10-11H2,(H,17,19). The number of nitrogens with one attached hydrogen (secondary N) is 1. The van der Waals surface area contributed by atoms with Gasteiger partial charge in [-0.3, -0.25) is 4.79 Å². The van der Waals surface area contributed by atoms with E-state index in [1.54, 1.807) is 30.3 Å². The molecule has 2 heterocycles. The minimum Gasteiger partial charge on any atom is -0.467 e. The molecule has 1 aromatic carbocycles. The zero-order chi connectivity index (χ0) is 16.3. The molecule has 6 nitrogen and oxygen atoms in total. The number of carbonyl (C=O) groups is 1. The Balaban J connectivity index is 1.73. The van der Waals surface area contributed by atoms with Crippen molar-refractivity contribution in [1.82, 2.24) is 10.3 Å². The van der Waals surface area contributed by atoms with Crippen LogP contribution in [0.15, 0.2) is 64.2 Å². The highest BCUT2D eigenvalue weighted by atomic mass is 32.2. The molecule has 2 aromatic heterocycles. The molecule has 0 radical (unpaired) electrons. The van der Waals surface area contributed by atoms with Gasteiger partial charge in [-0.05, 0) is 30.3 Å². The van der Waals surface area contributed by atoms with Crippen molar-refractivity contribution < 1.29 is 17.6 Å². The molecule has 118 valence electrons. The van der Waals surface area contributed by atoms with Crippen LogP contribution in [0.3, 0.4) is 0 Å². The molecule has 0 aliphatic carbocycles. The normalized spacial score (nSPS) is 11.5. The van der Waals surface area contributed by atoms with Gasteiger partial charge in [0.05, 0.1) is 18.3 Å². The van der Waals surface area contributed by atoms with Crippen LogP contribution in [0.1, 0.15) is 5.76 Å². The van der Waals surface area contributed by atoms with Gasteiger partial charge in [-0.25, -0.2) is 13.4 Å². The van der Waals surface area contributed by atoms with Gasteiger partial charge in [-0.2, -0.15) is 0 Å². The van der Waals surface area contributed by atoms with Gasteiger partial charge in [0, 0.05) is 5.39 Å². The fraction of sp³-hybridized carbons (Fsp3) is 0.125. The zero-order valence-electron chi connectivity index (χ0n) is 12.1. The minimum absolute atomic E-state index is 0.107. The second-order valence-electron chi connectivity index (χ2n) is 4.96. The first-order valence-corrected chi connectivity index (χ1v) is 8.57. The fourth-order valence-corrected chi connectivity index (χ4v) is 3.22. The lowest BCUT2D eigenvalue weighted by atomic mass is 10.2. The minimum atomic E-state index is -3.80. The molecule has 3 rings (SSSR count). The molecular formula is C16H14N2O4S. The van der Waals surface area contributed by atoms with E-state index >= 15 is 0 Å². The number of pyridine rings is 1. The first kappa shape index (κ1) is 15.2. The lowest BCUT2D eigenvalue weighted by Gasteiger charge is -2.06. The molecule has 1 N–H and O–H groups in total. The Morgan fingerprint density at radius 2 is 1.91 bits per heavy atom. The van der Waals surface area contributed by atoms with E-state index in [1.807, 2.05) is 12.1 Å². The van der Waals surface area contributed by atoms with Gasteiger partial charge < -0.3 is 9.73 Å². The van der Waals surface area contributed by atoms with Crippen molar-refractivity contribution in [2.45, 2.75) is 11.6 Å². The van der Waals surface area contributed by atoms with E-state index in [1.165, 1.54) is 12.3 Å². The number of hydrogen-bond donors (Lipinski definition) is 1. The number of rotatable bonds is 5. The molecule has 23 heavy (non-hydrogen) atoms.